The van der Waals surface area contributed by atoms with E-state index in [1.165, 1.54) is 6.07 Å². The van der Waals surface area contributed by atoms with Crippen LogP contribution in [-0.2, 0) is 12.6 Å². The van der Waals surface area contributed by atoms with Gasteiger partial charge >= 0.3 is 6.18 Å². The van der Waals surface area contributed by atoms with Crippen molar-refractivity contribution in [3.05, 3.63) is 29.3 Å². The lowest BCUT2D eigenvalue weighted by Gasteiger charge is -2.12. The molecule has 0 fully saturated rings. The quantitative estimate of drug-likeness (QED) is 0.799. The number of alkyl halides is 3. The van der Waals surface area contributed by atoms with Gasteiger partial charge in [0.2, 0.25) is 0 Å². The molecular formula is C12H16F3NS. The molecule has 0 aliphatic rings. The standard InChI is InChI=1S/C12H16F3NS/c1-8(7-16)2-3-9-4-10(12(13,14)15)6-11(17)5-9/h4-6,8,17H,2-3,7,16H2,1H3. The number of aryl methyl sites for hydroxylation is 1. The summed E-state index contributed by atoms with van der Waals surface area (Å²) in [4.78, 5) is 0.343. The number of hydrogen-bond acceptors (Lipinski definition) is 2. The Hall–Kier alpha value is -0.680. The molecule has 1 rings (SSSR count). The van der Waals surface area contributed by atoms with E-state index in [4.69, 9.17) is 5.73 Å². The first kappa shape index (κ1) is 14.4. The van der Waals surface area contributed by atoms with Crippen LogP contribution in [-0.4, -0.2) is 6.54 Å². The Kier molecular flexibility index (Phi) is 4.89. The predicted octanol–water partition coefficient (Wildman–Crippen LogP) is 3.52. The lowest BCUT2D eigenvalue weighted by molar-refractivity contribution is -0.137. The zero-order valence-electron chi connectivity index (χ0n) is 9.59. The smallest absolute Gasteiger partial charge is 0.330 e. The van der Waals surface area contributed by atoms with Crippen LogP contribution in [0.4, 0.5) is 13.2 Å². The van der Waals surface area contributed by atoms with Gasteiger partial charge in [0.15, 0.2) is 0 Å². The maximum atomic E-state index is 12.6. The molecule has 0 saturated carbocycles. The molecule has 0 aromatic heterocycles. The summed E-state index contributed by atoms with van der Waals surface area (Å²) in [5, 5.41) is 0. The summed E-state index contributed by atoms with van der Waals surface area (Å²) < 4.78 is 37.7. The Labute approximate surface area is 105 Å². The second-order valence-corrected chi connectivity index (χ2v) is 4.78. The highest BCUT2D eigenvalue weighted by molar-refractivity contribution is 7.80. The zero-order valence-corrected chi connectivity index (χ0v) is 10.5. The molecule has 0 bridgehead atoms. The van der Waals surface area contributed by atoms with Crippen molar-refractivity contribution in [1.29, 1.82) is 0 Å². The molecule has 1 atom stereocenters. The Bertz CT molecular complexity index is 377. The molecule has 0 heterocycles. The van der Waals surface area contributed by atoms with Crippen LogP contribution in [0.3, 0.4) is 0 Å². The number of rotatable bonds is 4. The predicted molar refractivity (Wildman–Crippen MR) is 65.2 cm³/mol. The van der Waals surface area contributed by atoms with E-state index >= 15 is 0 Å². The third kappa shape index (κ3) is 4.60. The van der Waals surface area contributed by atoms with E-state index in [2.05, 4.69) is 12.6 Å². The van der Waals surface area contributed by atoms with E-state index in [-0.39, 0.29) is 0 Å². The Morgan fingerprint density at radius 2 is 1.94 bits per heavy atom. The number of nitrogens with two attached hydrogens (primary N) is 1. The van der Waals surface area contributed by atoms with Crippen molar-refractivity contribution in [2.24, 2.45) is 11.7 Å². The molecule has 0 spiro atoms. The van der Waals surface area contributed by atoms with Crippen LogP contribution >= 0.6 is 12.6 Å². The summed E-state index contributed by atoms with van der Waals surface area (Å²) in [6.45, 7) is 2.53. The summed E-state index contributed by atoms with van der Waals surface area (Å²) in [5.74, 6) is 0.313. The molecule has 0 radical (unpaired) electrons. The average molecular weight is 263 g/mol. The van der Waals surface area contributed by atoms with Gasteiger partial charge in [0.25, 0.3) is 0 Å². The van der Waals surface area contributed by atoms with Gasteiger partial charge in [-0.2, -0.15) is 13.2 Å². The second kappa shape index (κ2) is 5.78. The average Bonchev–Trinajstić information content (AvgIpc) is 2.24. The van der Waals surface area contributed by atoms with Gasteiger partial charge < -0.3 is 5.73 Å². The van der Waals surface area contributed by atoms with Gasteiger partial charge in [-0.25, -0.2) is 0 Å². The molecule has 0 amide bonds. The monoisotopic (exact) mass is 263 g/mol. The third-order valence-electron chi connectivity index (χ3n) is 2.63. The van der Waals surface area contributed by atoms with Crippen LogP contribution in [0.25, 0.3) is 0 Å². The van der Waals surface area contributed by atoms with Crippen LogP contribution in [0, 0.1) is 5.92 Å². The minimum Gasteiger partial charge on any atom is -0.330 e. The largest absolute Gasteiger partial charge is 0.416 e. The van der Waals surface area contributed by atoms with Gasteiger partial charge in [-0.15, -0.1) is 12.6 Å². The minimum atomic E-state index is -4.31. The van der Waals surface area contributed by atoms with Gasteiger partial charge in [-0.05, 0) is 49.1 Å². The molecule has 2 N–H and O–H groups in total. The van der Waals surface area contributed by atoms with Crippen LogP contribution in [0.2, 0.25) is 0 Å². The van der Waals surface area contributed by atoms with Gasteiger partial charge in [-0.3, -0.25) is 0 Å². The molecule has 17 heavy (non-hydrogen) atoms. The lowest BCUT2D eigenvalue weighted by Crippen LogP contribution is -2.11. The van der Waals surface area contributed by atoms with Crippen LogP contribution < -0.4 is 5.73 Å². The van der Waals surface area contributed by atoms with Crippen LogP contribution in [0.15, 0.2) is 23.1 Å². The molecule has 1 aromatic carbocycles. The molecule has 0 saturated heterocycles. The molecule has 0 aliphatic carbocycles. The molecule has 1 nitrogen and oxygen atoms in total. The summed E-state index contributed by atoms with van der Waals surface area (Å²) in [7, 11) is 0. The Balaban J connectivity index is 2.83. The van der Waals surface area contributed by atoms with Crippen molar-refractivity contribution in [2.75, 3.05) is 6.54 Å². The first-order chi connectivity index (χ1) is 7.82. The molecule has 96 valence electrons. The first-order valence-electron chi connectivity index (χ1n) is 5.43. The van der Waals surface area contributed by atoms with E-state index in [0.29, 0.717) is 29.3 Å². The van der Waals surface area contributed by atoms with Gasteiger partial charge in [0, 0.05) is 4.90 Å². The highest BCUT2D eigenvalue weighted by Gasteiger charge is 2.30. The summed E-state index contributed by atoms with van der Waals surface area (Å²) >= 11 is 4.00. The fourth-order valence-electron chi connectivity index (χ4n) is 1.51. The highest BCUT2D eigenvalue weighted by atomic mass is 32.1. The van der Waals surface area contributed by atoms with Crippen molar-refractivity contribution in [3.63, 3.8) is 0 Å². The van der Waals surface area contributed by atoms with E-state index < -0.39 is 11.7 Å². The van der Waals surface area contributed by atoms with E-state index in [0.717, 1.165) is 12.5 Å². The highest BCUT2D eigenvalue weighted by Crippen LogP contribution is 2.31. The second-order valence-electron chi connectivity index (χ2n) is 4.27. The molecular weight excluding hydrogens is 247 g/mol. The fourth-order valence-corrected chi connectivity index (χ4v) is 1.82. The van der Waals surface area contributed by atoms with Crippen LogP contribution in [0.1, 0.15) is 24.5 Å². The lowest BCUT2D eigenvalue weighted by atomic mass is 10.00. The van der Waals surface area contributed by atoms with Gasteiger partial charge in [0.1, 0.15) is 0 Å². The van der Waals surface area contributed by atoms with Crippen molar-refractivity contribution in [1.82, 2.24) is 0 Å². The topological polar surface area (TPSA) is 26.0 Å². The maximum Gasteiger partial charge on any atom is 0.416 e. The van der Waals surface area contributed by atoms with E-state index in [1.807, 2.05) is 6.92 Å². The van der Waals surface area contributed by atoms with Gasteiger partial charge in [0.05, 0.1) is 5.56 Å². The number of hydrogen-bond donors (Lipinski definition) is 2. The molecule has 0 aliphatic heterocycles. The Morgan fingerprint density at radius 1 is 1.29 bits per heavy atom. The van der Waals surface area contributed by atoms with Crippen molar-refractivity contribution in [2.45, 2.75) is 30.8 Å². The molecule has 1 aromatic rings. The summed E-state index contributed by atoms with van der Waals surface area (Å²) in [6, 6.07) is 3.89. The number of benzene rings is 1. The van der Waals surface area contributed by atoms with Gasteiger partial charge in [-0.1, -0.05) is 6.92 Å². The summed E-state index contributed by atoms with van der Waals surface area (Å²) in [6.07, 6.45) is -2.94. The minimum absolute atomic E-state index is 0.313. The van der Waals surface area contributed by atoms with Crippen molar-refractivity contribution in [3.8, 4) is 0 Å². The zero-order chi connectivity index (χ0) is 13.1. The van der Waals surface area contributed by atoms with Crippen LogP contribution in [0.5, 0.6) is 0 Å². The summed E-state index contributed by atoms with van der Waals surface area (Å²) in [5.41, 5.74) is 5.49. The number of halogens is 3. The Morgan fingerprint density at radius 3 is 2.47 bits per heavy atom. The SMILES string of the molecule is CC(CN)CCc1cc(S)cc(C(F)(F)F)c1. The van der Waals surface area contributed by atoms with Crippen molar-refractivity contribution < 1.29 is 13.2 Å². The molecule has 5 heteroatoms. The molecule has 1 unspecified atom stereocenters. The first-order valence-corrected chi connectivity index (χ1v) is 5.88. The van der Waals surface area contributed by atoms with Crippen molar-refractivity contribution >= 4 is 12.6 Å². The fraction of sp³-hybridized carbons (Fsp3) is 0.500. The van der Waals surface area contributed by atoms with E-state index in [1.54, 1.807) is 6.07 Å². The third-order valence-corrected chi connectivity index (χ3v) is 2.89. The van der Waals surface area contributed by atoms with E-state index in [9.17, 15) is 13.2 Å². The normalized spacial score (nSPS) is 13.8. The maximum absolute atomic E-state index is 12.6. The number of thiol groups is 1.